The molecule has 1 heterocycles. The Labute approximate surface area is 145 Å². The Bertz CT molecular complexity index is 751. The van der Waals surface area contributed by atoms with Gasteiger partial charge in [0.15, 0.2) is 0 Å². The van der Waals surface area contributed by atoms with Gasteiger partial charge >= 0.3 is 5.97 Å². The summed E-state index contributed by atoms with van der Waals surface area (Å²) >= 11 is 0. The number of ether oxygens (including phenoxy) is 1. The minimum absolute atomic E-state index is 0.130. The Kier molecular flexibility index (Phi) is 5.18. The van der Waals surface area contributed by atoms with E-state index in [4.69, 9.17) is 4.42 Å². The van der Waals surface area contributed by atoms with Crippen LogP contribution in [-0.4, -0.2) is 13.1 Å². The lowest BCUT2D eigenvalue weighted by Gasteiger charge is -2.39. The summed E-state index contributed by atoms with van der Waals surface area (Å²) in [5, 5.41) is 3.39. The van der Waals surface area contributed by atoms with E-state index in [1.165, 1.54) is 19.2 Å². The molecule has 0 spiro atoms. The molecule has 0 aliphatic heterocycles. The zero-order chi connectivity index (χ0) is 17.9. The van der Waals surface area contributed by atoms with Crippen LogP contribution in [0.25, 0.3) is 0 Å². The number of hydrogen-bond donors (Lipinski definition) is 1. The molecule has 0 bridgehead atoms. The third-order valence-electron chi connectivity index (χ3n) is 4.80. The fraction of sp³-hybridized carbons (Fsp3) is 0.421. The van der Waals surface area contributed by atoms with Crippen molar-refractivity contribution < 1.29 is 22.7 Å². The van der Waals surface area contributed by atoms with E-state index in [0.29, 0.717) is 17.9 Å². The SMILES string of the molecule is COC(=O)c1ccc(CNC2(c3ccc(F)cc3F)CCCCC2)o1. The monoisotopic (exact) mass is 349 g/mol. The van der Waals surface area contributed by atoms with Gasteiger partial charge in [-0.1, -0.05) is 25.3 Å². The van der Waals surface area contributed by atoms with Crippen molar-refractivity contribution in [3.63, 3.8) is 0 Å². The molecular formula is C19H21F2NO3. The van der Waals surface area contributed by atoms with Gasteiger partial charge in [0.1, 0.15) is 17.4 Å². The van der Waals surface area contributed by atoms with Crippen molar-refractivity contribution in [2.24, 2.45) is 0 Å². The van der Waals surface area contributed by atoms with Gasteiger partial charge in [-0.3, -0.25) is 0 Å². The van der Waals surface area contributed by atoms with Gasteiger partial charge < -0.3 is 14.5 Å². The highest BCUT2D eigenvalue weighted by Gasteiger charge is 2.36. The van der Waals surface area contributed by atoms with Crippen LogP contribution in [0.4, 0.5) is 8.78 Å². The number of carbonyl (C=O) groups is 1. The zero-order valence-electron chi connectivity index (χ0n) is 14.1. The number of rotatable bonds is 5. The lowest BCUT2D eigenvalue weighted by atomic mass is 9.76. The Balaban J connectivity index is 1.81. The van der Waals surface area contributed by atoms with Crippen molar-refractivity contribution in [1.29, 1.82) is 0 Å². The van der Waals surface area contributed by atoms with E-state index < -0.39 is 23.1 Å². The smallest absolute Gasteiger partial charge is 0.373 e. The number of methoxy groups -OCH3 is 1. The maximum Gasteiger partial charge on any atom is 0.373 e. The van der Waals surface area contributed by atoms with E-state index in [1.807, 2.05) is 0 Å². The molecule has 0 saturated heterocycles. The lowest BCUT2D eigenvalue weighted by Crippen LogP contribution is -2.44. The molecule has 0 radical (unpaired) electrons. The van der Waals surface area contributed by atoms with Crippen molar-refractivity contribution in [3.8, 4) is 0 Å². The zero-order valence-corrected chi connectivity index (χ0v) is 14.1. The molecule has 1 N–H and O–H groups in total. The van der Waals surface area contributed by atoms with Gasteiger partial charge in [0.25, 0.3) is 0 Å². The van der Waals surface area contributed by atoms with Crippen molar-refractivity contribution in [2.75, 3.05) is 7.11 Å². The highest BCUT2D eigenvalue weighted by atomic mass is 19.1. The third kappa shape index (κ3) is 3.74. The van der Waals surface area contributed by atoms with Gasteiger partial charge in [-0.15, -0.1) is 0 Å². The summed E-state index contributed by atoms with van der Waals surface area (Å²) in [4.78, 5) is 11.5. The molecule has 1 saturated carbocycles. The van der Waals surface area contributed by atoms with Crippen LogP contribution < -0.4 is 5.32 Å². The molecule has 0 atom stereocenters. The first-order valence-electron chi connectivity index (χ1n) is 8.42. The highest BCUT2D eigenvalue weighted by molar-refractivity contribution is 5.86. The summed E-state index contributed by atoms with van der Waals surface area (Å²) < 4.78 is 37.8. The highest BCUT2D eigenvalue weighted by Crippen LogP contribution is 2.38. The van der Waals surface area contributed by atoms with E-state index in [2.05, 4.69) is 10.1 Å². The van der Waals surface area contributed by atoms with Crippen molar-refractivity contribution in [3.05, 3.63) is 59.1 Å². The van der Waals surface area contributed by atoms with Gasteiger partial charge in [-0.25, -0.2) is 13.6 Å². The summed E-state index contributed by atoms with van der Waals surface area (Å²) in [5.41, 5.74) is -0.0813. The molecule has 6 heteroatoms. The van der Waals surface area contributed by atoms with E-state index in [-0.39, 0.29) is 5.76 Å². The van der Waals surface area contributed by atoms with Crippen LogP contribution in [0.3, 0.4) is 0 Å². The maximum absolute atomic E-state index is 14.4. The average Bonchev–Trinajstić information content (AvgIpc) is 3.09. The van der Waals surface area contributed by atoms with Crippen molar-refractivity contribution >= 4 is 5.97 Å². The maximum atomic E-state index is 14.4. The Hall–Kier alpha value is -2.21. The van der Waals surface area contributed by atoms with Gasteiger partial charge in [0.2, 0.25) is 5.76 Å². The van der Waals surface area contributed by atoms with Crippen molar-refractivity contribution in [2.45, 2.75) is 44.2 Å². The van der Waals surface area contributed by atoms with Gasteiger partial charge in [0, 0.05) is 17.2 Å². The molecule has 2 aromatic rings. The lowest BCUT2D eigenvalue weighted by molar-refractivity contribution is 0.0562. The van der Waals surface area contributed by atoms with E-state index in [1.54, 1.807) is 12.1 Å². The Morgan fingerprint density at radius 1 is 1.20 bits per heavy atom. The summed E-state index contributed by atoms with van der Waals surface area (Å²) in [7, 11) is 1.29. The molecule has 25 heavy (non-hydrogen) atoms. The molecular weight excluding hydrogens is 328 g/mol. The second-order valence-electron chi connectivity index (χ2n) is 6.38. The van der Waals surface area contributed by atoms with Crippen LogP contribution in [0.2, 0.25) is 0 Å². The number of nitrogens with one attached hydrogen (secondary N) is 1. The van der Waals surface area contributed by atoms with E-state index in [9.17, 15) is 13.6 Å². The van der Waals surface area contributed by atoms with Crippen LogP contribution in [-0.2, 0) is 16.8 Å². The van der Waals surface area contributed by atoms with Crippen molar-refractivity contribution in [1.82, 2.24) is 5.32 Å². The molecule has 1 aromatic heterocycles. The van der Waals surface area contributed by atoms with Gasteiger partial charge in [0.05, 0.1) is 13.7 Å². The normalized spacial score (nSPS) is 16.6. The minimum Gasteiger partial charge on any atom is -0.463 e. The third-order valence-corrected chi connectivity index (χ3v) is 4.80. The first kappa shape index (κ1) is 17.6. The molecule has 4 nitrogen and oxygen atoms in total. The Morgan fingerprint density at radius 2 is 1.96 bits per heavy atom. The number of esters is 1. The molecule has 1 aliphatic carbocycles. The predicted molar refractivity (Wildman–Crippen MR) is 88.0 cm³/mol. The average molecular weight is 349 g/mol. The minimum atomic E-state index is -0.582. The van der Waals surface area contributed by atoms with Crippen LogP contribution in [0.5, 0.6) is 0 Å². The molecule has 0 amide bonds. The number of hydrogen-bond acceptors (Lipinski definition) is 4. The standard InChI is InChI=1S/C19H21F2NO3/c1-24-18(23)17-8-6-14(25-17)12-22-19(9-3-2-4-10-19)15-7-5-13(20)11-16(15)21/h5-8,11,22H,2-4,9-10,12H2,1H3. The number of furan rings is 1. The quantitative estimate of drug-likeness (QED) is 0.818. The Morgan fingerprint density at radius 3 is 2.64 bits per heavy atom. The summed E-state index contributed by atoms with van der Waals surface area (Å²) in [6.45, 7) is 0.341. The second-order valence-corrected chi connectivity index (χ2v) is 6.38. The molecule has 1 fully saturated rings. The second kappa shape index (κ2) is 7.35. The first-order valence-corrected chi connectivity index (χ1v) is 8.42. The largest absolute Gasteiger partial charge is 0.463 e. The summed E-state index contributed by atoms with van der Waals surface area (Å²) in [6.07, 6.45) is 4.56. The van der Waals surface area contributed by atoms with E-state index >= 15 is 0 Å². The number of carbonyl (C=O) groups excluding carboxylic acids is 1. The first-order chi connectivity index (χ1) is 12.0. The van der Waals surface area contributed by atoms with Crippen LogP contribution in [0.15, 0.2) is 34.7 Å². The topological polar surface area (TPSA) is 51.5 Å². The van der Waals surface area contributed by atoms with Crippen LogP contribution in [0.1, 0.15) is 54.0 Å². The summed E-state index contributed by atoms with van der Waals surface area (Å²) in [6, 6.07) is 6.98. The predicted octanol–water partition coefficient (Wildman–Crippen LogP) is 4.29. The molecule has 134 valence electrons. The number of benzene rings is 1. The fourth-order valence-corrected chi connectivity index (χ4v) is 3.51. The van der Waals surface area contributed by atoms with Gasteiger partial charge in [-0.05, 0) is 31.0 Å². The summed E-state index contributed by atoms with van der Waals surface area (Å²) in [5.74, 6) is -0.967. The molecule has 1 aliphatic rings. The fourth-order valence-electron chi connectivity index (χ4n) is 3.51. The van der Waals surface area contributed by atoms with E-state index in [0.717, 1.165) is 38.2 Å². The molecule has 0 unspecified atom stereocenters. The van der Waals surface area contributed by atoms with Crippen LogP contribution in [0, 0.1) is 11.6 Å². The molecule has 3 rings (SSSR count). The number of halogens is 2. The van der Waals surface area contributed by atoms with Gasteiger partial charge in [-0.2, -0.15) is 0 Å². The van der Waals surface area contributed by atoms with Crippen LogP contribution >= 0.6 is 0 Å². The molecule has 1 aromatic carbocycles.